The maximum absolute atomic E-state index is 12.9. The number of nitrogens with zero attached hydrogens (tertiary/aromatic N) is 3. The summed E-state index contributed by atoms with van der Waals surface area (Å²) in [7, 11) is 0. The first-order valence-electron chi connectivity index (χ1n) is 10.4. The summed E-state index contributed by atoms with van der Waals surface area (Å²) in [5.74, 6) is 0. The van der Waals surface area contributed by atoms with Crippen LogP contribution in [-0.2, 0) is 6.54 Å². The fraction of sp³-hybridized carbons (Fsp3) is 0.391. The number of rotatable bonds is 4. The molecule has 158 valence electrons. The van der Waals surface area contributed by atoms with Gasteiger partial charge in [0.1, 0.15) is 0 Å². The van der Waals surface area contributed by atoms with E-state index in [9.17, 15) is 9.59 Å². The highest BCUT2D eigenvalue weighted by Gasteiger charge is 2.36. The van der Waals surface area contributed by atoms with Gasteiger partial charge in [0.25, 0.3) is 0 Å². The van der Waals surface area contributed by atoms with Gasteiger partial charge in [-0.25, -0.2) is 9.59 Å². The summed E-state index contributed by atoms with van der Waals surface area (Å²) >= 11 is 6.15. The quantitative estimate of drug-likeness (QED) is 0.777. The molecule has 4 amide bonds. The molecule has 30 heavy (non-hydrogen) atoms. The number of halogens is 1. The summed E-state index contributed by atoms with van der Waals surface area (Å²) in [4.78, 5) is 31.3. The van der Waals surface area contributed by atoms with Crippen molar-refractivity contribution in [3.63, 3.8) is 0 Å². The highest BCUT2D eigenvalue weighted by atomic mass is 35.5. The number of hydrogen-bond acceptors (Lipinski definition) is 2. The second kappa shape index (κ2) is 8.96. The summed E-state index contributed by atoms with van der Waals surface area (Å²) in [6.07, 6.45) is 1.60. The van der Waals surface area contributed by atoms with Gasteiger partial charge < -0.3 is 20.0 Å². The summed E-state index contributed by atoms with van der Waals surface area (Å²) in [6, 6.07) is 15.8. The highest BCUT2D eigenvalue weighted by molar-refractivity contribution is 6.31. The third kappa shape index (κ3) is 4.38. The van der Waals surface area contributed by atoms with Crippen LogP contribution < -0.4 is 5.32 Å². The molecule has 2 aromatic rings. The largest absolute Gasteiger partial charge is 0.324 e. The van der Waals surface area contributed by atoms with Crippen LogP contribution in [0.5, 0.6) is 0 Å². The molecule has 0 spiro atoms. The molecule has 7 heteroatoms. The number of likely N-dealkylation sites (tertiary alicyclic amines) is 1. The fourth-order valence-electron chi connectivity index (χ4n) is 4.21. The van der Waals surface area contributed by atoms with Gasteiger partial charge in [-0.05, 0) is 43.0 Å². The van der Waals surface area contributed by atoms with Gasteiger partial charge in [-0.2, -0.15) is 0 Å². The number of anilines is 1. The van der Waals surface area contributed by atoms with Crippen molar-refractivity contribution in [3.05, 3.63) is 64.7 Å². The monoisotopic (exact) mass is 426 g/mol. The fourth-order valence-corrected chi connectivity index (χ4v) is 4.38. The number of nitrogens with one attached hydrogen (secondary N) is 1. The van der Waals surface area contributed by atoms with E-state index in [1.165, 1.54) is 0 Å². The molecule has 0 aromatic heterocycles. The average Bonchev–Trinajstić information content (AvgIpc) is 3.12. The SMILES string of the molecule is Cc1c(Cl)cccc1NC(=O)N1CCC(N2CCN(Cc3ccccc3)C2=O)CC1. The molecule has 2 aliphatic rings. The second-order valence-electron chi connectivity index (χ2n) is 7.94. The molecule has 2 heterocycles. The number of amides is 4. The van der Waals surface area contributed by atoms with Gasteiger partial charge in [-0.3, -0.25) is 0 Å². The number of piperidine rings is 1. The Labute approximate surface area is 182 Å². The van der Waals surface area contributed by atoms with Gasteiger partial charge in [0, 0.05) is 49.5 Å². The maximum Gasteiger partial charge on any atom is 0.321 e. The lowest BCUT2D eigenvalue weighted by Crippen LogP contribution is -2.49. The van der Waals surface area contributed by atoms with E-state index in [1.54, 1.807) is 0 Å². The molecule has 2 fully saturated rings. The molecule has 2 aliphatic heterocycles. The molecule has 0 aliphatic carbocycles. The summed E-state index contributed by atoms with van der Waals surface area (Å²) in [5.41, 5.74) is 2.75. The van der Waals surface area contributed by atoms with Gasteiger partial charge in [-0.15, -0.1) is 0 Å². The van der Waals surface area contributed by atoms with E-state index >= 15 is 0 Å². The van der Waals surface area contributed by atoms with E-state index in [4.69, 9.17) is 11.6 Å². The Hall–Kier alpha value is -2.73. The number of carbonyl (C=O) groups excluding carboxylic acids is 2. The van der Waals surface area contributed by atoms with Crippen LogP contribution in [0.4, 0.5) is 15.3 Å². The first kappa shape index (κ1) is 20.5. The number of carbonyl (C=O) groups is 2. The molecule has 0 atom stereocenters. The molecule has 0 radical (unpaired) electrons. The molecule has 2 aromatic carbocycles. The van der Waals surface area contributed by atoms with Crippen molar-refractivity contribution in [1.82, 2.24) is 14.7 Å². The molecule has 0 saturated carbocycles. The lowest BCUT2D eigenvalue weighted by molar-refractivity contribution is 0.139. The van der Waals surface area contributed by atoms with Crippen molar-refractivity contribution >= 4 is 29.4 Å². The smallest absolute Gasteiger partial charge is 0.321 e. The molecule has 4 rings (SSSR count). The minimum atomic E-state index is -0.114. The topological polar surface area (TPSA) is 55.9 Å². The maximum atomic E-state index is 12.9. The van der Waals surface area contributed by atoms with Crippen LogP contribution in [0.3, 0.4) is 0 Å². The van der Waals surface area contributed by atoms with Crippen LogP contribution in [0.1, 0.15) is 24.0 Å². The summed E-state index contributed by atoms with van der Waals surface area (Å²) in [6.45, 7) is 5.32. The Balaban J connectivity index is 1.29. The van der Waals surface area contributed by atoms with Gasteiger partial charge in [0.05, 0.1) is 0 Å². The summed E-state index contributed by atoms with van der Waals surface area (Å²) in [5, 5.41) is 3.60. The van der Waals surface area contributed by atoms with Gasteiger partial charge in [-0.1, -0.05) is 48.0 Å². The van der Waals surface area contributed by atoms with Crippen molar-refractivity contribution < 1.29 is 9.59 Å². The van der Waals surface area contributed by atoms with E-state index in [0.29, 0.717) is 24.7 Å². The lowest BCUT2D eigenvalue weighted by Gasteiger charge is -2.36. The Morgan fingerprint density at radius 2 is 1.77 bits per heavy atom. The highest BCUT2D eigenvalue weighted by Crippen LogP contribution is 2.25. The van der Waals surface area contributed by atoms with E-state index < -0.39 is 0 Å². The van der Waals surface area contributed by atoms with Crippen LogP contribution in [-0.4, -0.2) is 59.0 Å². The van der Waals surface area contributed by atoms with Crippen molar-refractivity contribution in [3.8, 4) is 0 Å². The lowest BCUT2D eigenvalue weighted by atomic mass is 10.0. The summed E-state index contributed by atoms with van der Waals surface area (Å²) < 4.78 is 0. The molecule has 0 unspecified atom stereocenters. The van der Waals surface area contributed by atoms with Crippen LogP contribution in [0.25, 0.3) is 0 Å². The van der Waals surface area contributed by atoms with E-state index in [2.05, 4.69) is 17.4 Å². The predicted molar refractivity (Wildman–Crippen MR) is 119 cm³/mol. The minimum absolute atomic E-state index is 0.108. The van der Waals surface area contributed by atoms with Crippen LogP contribution >= 0.6 is 11.6 Å². The van der Waals surface area contributed by atoms with Crippen LogP contribution in [0.15, 0.2) is 48.5 Å². The molecule has 2 saturated heterocycles. The standard InChI is InChI=1S/C23H27ClN4O2/c1-17-20(24)8-5-9-21(17)25-22(29)26-12-10-19(11-13-26)28-15-14-27(23(28)30)16-18-6-3-2-4-7-18/h2-9,19H,10-16H2,1H3,(H,25,29). The number of urea groups is 2. The van der Waals surface area contributed by atoms with E-state index in [1.807, 2.05) is 58.0 Å². The van der Waals surface area contributed by atoms with Crippen molar-refractivity contribution in [2.24, 2.45) is 0 Å². The number of benzene rings is 2. The van der Waals surface area contributed by atoms with E-state index in [0.717, 1.165) is 42.7 Å². The van der Waals surface area contributed by atoms with Gasteiger partial charge >= 0.3 is 12.1 Å². The molecule has 1 N–H and O–H groups in total. The van der Waals surface area contributed by atoms with Gasteiger partial charge in [0.2, 0.25) is 0 Å². The Bertz CT molecular complexity index is 913. The van der Waals surface area contributed by atoms with E-state index in [-0.39, 0.29) is 18.1 Å². The normalized spacial score (nSPS) is 17.5. The van der Waals surface area contributed by atoms with Gasteiger partial charge in [0.15, 0.2) is 0 Å². The third-order valence-corrected chi connectivity index (χ3v) is 6.45. The Kier molecular flexibility index (Phi) is 6.13. The molecular formula is C23H27ClN4O2. The van der Waals surface area contributed by atoms with Crippen molar-refractivity contribution in [2.45, 2.75) is 32.4 Å². The van der Waals surface area contributed by atoms with Crippen LogP contribution in [0.2, 0.25) is 5.02 Å². The first-order valence-corrected chi connectivity index (χ1v) is 10.8. The molecule has 0 bridgehead atoms. The molecule has 6 nitrogen and oxygen atoms in total. The van der Waals surface area contributed by atoms with Crippen LogP contribution in [0, 0.1) is 6.92 Å². The van der Waals surface area contributed by atoms with Crippen molar-refractivity contribution in [1.29, 1.82) is 0 Å². The number of hydrogen-bond donors (Lipinski definition) is 1. The third-order valence-electron chi connectivity index (χ3n) is 6.05. The first-order chi connectivity index (χ1) is 14.5. The zero-order valence-corrected chi connectivity index (χ0v) is 17.9. The zero-order valence-electron chi connectivity index (χ0n) is 17.2. The Morgan fingerprint density at radius 3 is 2.50 bits per heavy atom. The minimum Gasteiger partial charge on any atom is -0.324 e. The second-order valence-corrected chi connectivity index (χ2v) is 8.35. The molecular weight excluding hydrogens is 400 g/mol. The average molecular weight is 427 g/mol. The zero-order chi connectivity index (χ0) is 21.1. The Morgan fingerprint density at radius 1 is 1.03 bits per heavy atom. The van der Waals surface area contributed by atoms with Crippen molar-refractivity contribution in [2.75, 3.05) is 31.5 Å². The predicted octanol–water partition coefficient (Wildman–Crippen LogP) is 4.58.